The van der Waals surface area contributed by atoms with E-state index in [4.69, 9.17) is 16.3 Å². The standard InChI is InChI=1S/C20H16ClF4N5O2/c1-32-14-6-3-11(4-7-14)18(31)28-19(26-10-12-2-5-13(22)8-15(12)21)27-17-9-16(29-30-17)20(23,24)25/h2-9H,10H2,1H3,(H3,26,27,28,29,30,31). The number of amides is 1. The van der Waals surface area contributed by atoms with E-state index in [2.05, 4.69) is 20.7 Å². The van der Waals surface area contributed by atoms with Gasteiger partial charge in [0.2, 0.25) is 5.96 Å². The number of benzene rings is 2. The molecule has 3 rings (SSSR count). The van der Waals surface area contributed by atoms with E-state index in [-0.39, 0.29) is 28.9 Å². The molecule has 1 aromatic heterocycles. The molecule has 3 aromatic rings. The maximum absolute atomic E-state index is 13.2. The van der Waals surface area contributed by atoms with Crippen molar-refractivity contribution in [3.8, 4) is 5.75 Å². The first-order valence-corrected chi connectivity index (χ1v) is 9.37. The van der Waals surface area contributed by atoms with Crippen LogP contribution in [0.1, 0.15) is 21.6 Å². The van der Waals surface area contributed by atoms with Crippen LogP contribution in [0.2, 0.25) is 5.02 Å². The predicted molar refractivity (Wildman–Crippen MR) is 110 cm³/mol. The van der Waals surface area contributed by atoms with E-state index in [0.717, 1.165) is 12.1 Å². The average Bonchev–Trinajstić information content (AvgIpc) is 3.22. The van der Waals surface area contributed by atoms with Crippen LogP contribution in [-0.4, -0.2) is 29.2 Å². The lowest BCUT2D eigenvalue weighted by molar-refractivity contribution is -0.141. The van der Waals surface area contributed by atoms with Crippen molar-refractivity contribution >= 4 is 29.3 Å². The van der Waals surface area contributed by atoms with E-state index in [1.165, 1.54) is 31.4 Å². The predicted octanol–water partition coefficient (Wildman–Crippen LogP) is 4.63. The number of halogens is 5. The van der Waals surface area contributed by atoms with Gasteiger partial charge >= 0.3 is 6.18 Å². The zero-order chi connectivity index (χ0) is 23.3. The van der Waals surface area contributed by atoms with Crippen LogP contribution in [0.3, 0.4) is 0 Å². The normalized spacial score (nSPS) is 11.9. The van der Waals surface area contributed by atoms with Crippen LogP contribution < -0.4 is 15.4 Å². The molecular weight excluding hydrogens is 454 g/mol. The summed E-state index contributed by atoms with van der Waals surface area (Å²) in [6.45, 7) is -0.0963. The first-order chi connectivity index (χ1) is 15.2. The Hall–Kier alpha value is -3.60. The Morgan fingerprint density at radius 3 is 2.50 bits per heavy atom. The molecule has 0 unspecified atom stereocenters. The molecule has 0 aliphatic carbocycles. The second-order valence-corrected chi connectivity index (χ2v) is 6.78. The number of hydrogen-bond donors (Lipinski definition) is 3. The van der Waals surface area contributed by atoms with Crippen LogP contribution in [-0.2, 0) is 12.7 Å². The zero-order valence-corrected chi connectivity index (χ0v) is 17.2. The van der Waals surface area contributed by atoms with Gasteiger partial charge in [0.25, 0.3) is 5.91 Å². The van der Waals surface area contributed by atoms with Crippen molar-refractivity contribution in [3.05, 3.63) is 76.2 Å². The second kappa shape index (κ2) is 9.69. The number of nitrogens with one attached hydrogen (secondary N) is 3. The molecule has 1 heterocycles. The Balaban J connectivity index is 1.83. The zero-order valence-electron chi connectivity index (χ0n) is 16.4. The lowest BCUT2D eigenvalue weighted by Crippen LogP contribution is -2.36. The number of hydrogen-bond acceptors (Lipinski definition) is 4. The maximum Gasteiger partial charge on any atom is 0.432 e. The highest BCUT2D eigenvalue weighted by atomic mass is 35.5. The number of aromatic amines is 1. The summed E-state index contributed by atoms with van der Waals surface area (Å²) in [4.78, 5) is 16.7. The molecule has 32 heavy (non-hydrogen) atoms. The third kappa shape index (κ3) is 5.97. The third-order valence-corrected chi connectivity index (χ3v) is 4.49. The molecule has 3 N–H and O–H groups in total. The second-order valence-electron chi connectivity index (χ2n) is 6.37. The number of guanidine groups is 1. The van der Waals surface area contributed by atoms with E-state index in [9.17, 15) is 22.4 Å². The highest BCUT2D eigenvalue weighted by Crippen LogP contribution is 2.28. The van der Waals surface area contributed by atoms with Crippen LogP contribution in [0.4, 0.5) is 23.4 Å². The Morgan fingerprint density at radius 1 is 1.19 bits per heavy atom. The van der Waals surface area contributed by atoms with Crippen molar-refractivity contribution in [3.63, 3.8) is 0 Å². The molecule has 7 nitrogen and oxygen atoms in total. The van der Waals surface area contributed by atoms with Crippen LogP contribution in [0.5, 0.6) is 5.75 Å². The number of anilines is 1. The minimum Gasteiger partial charge on any atom is -0.497 e. The van der Waals surface area contributed by atoms with Gasteiger partial charge < -0.3 is 10.1 Å². The Morgan fingerprint density at radius 2 is 1.91 bits per heavy atom. The van der Waals surface area contributed by atoms with Crippen molar-refractivity contribution in [2.45, 2.75) is 12.7 Å². The van der Waals surface area contributed by atoms with Gasteiger partial charge in [-0.05, 0) is 42.0 Å². The van der Waals surface area contributed by atoms with Gasteiger partial charge in [0, 0.05) is 16.7 Å². The van der Waals surface area contributed by atoms with E-state index in [1.807, 2.05) is 5.10 Å². The number of alkyl halides is 3. The largest absolute Gasteiger partial charge is 0.497 e. The molecule has 0 aliphatic heterocycles. The summed E-state index contributed by atoms with van der Waals surface area (Å²) in [6.07, 6.45) is -4.63. The molecule has 0 saturated carbocycles. The first-order valence-electron chi connectivity index (χ1n) is 8.99. The first kappa shape index (κ1) is 23.1. The number of methoxy groups -OCH3 is 1. The molecule has 0 saturated heterocycles. The van der Waals surface area contributed by atoms with Gasteiger partial charge in [0.15, 0.2) is 5.82 Å². The SMILES string of the molecule is COc1ccc(C(=O)NC(=NCc2ccc(F)cc2Cl)Nc2cc(C(F)(F)F)[nH]n2)cc1. The molecule has 0 spiro atoms. The molecule has 0 fully saturated rings. The maximum atomic E-state index is 13.2. The van der Waals surface area contributed by atoms with E-state index in [0.29, 0.717) is 11.3 Å². The van der Waals surface area contributed by atoms with E-state index < -0.39 is 23.6 Å². The summed E-state index contributed by atoms with van der Waals surface area (Å²) in [5, 5.41) is 10.5. The number of nitrogens with zero attached hydrogens (tertiary/aromatic N) is 2. The fourth-order valence-electron chi connectivity index (χ4n) is 2.50. The highest BCUT2D eigenvalue weighted by molar-refractivity contribution is 6.31. The number of ether oxygens (including phenoxy) is 1. The Kier molecular flexibility index (Phi) is 6.98. The Labute approximate surface area is 184 Å². The molecule has 0 bridgehead atoms. The van der Waals surface area contributed by atoms with Gasteiger partial charge in [-0.1, -0.05) is 17.7 Å². The van der Waals surface area contributed by atoms with E-state index >= 15 is 0 Å². The number of H-pyrrole nitrogens is 1. The van der Waals surface area contributed by atoms with Gasteiger partial charge in [0.05, 0.1) is 13.7 Å². The number of carbonyl (C=O) groups excluding carboxylic acids is 1. The highest BCUT2D eigenvalue weighted by Gasteiger charge is 2.33. The number of aliphatic imine (C=N–C) groups is 1. The molecule has 0 radical (unpaired) electrons. The Bertz CT molecular complexity index is 1130. The summed E-state index contributed by atoms with van der Waals surface area (Å²) in [5.74, 6) is -1.00. The lowest BCUT2D eigenvalue weighted by atomic mass is 10.2. The molecule has 2 aromatic carbocycles. The lowest BCUT2D eigenvalue weighted by Gasteiger charge is -2.11. The molecule has 168 valence electrons. The van der Waals surface area contributed by atoms with Crippen molar-refractivity contribution in [1.29, 1.82) is 0 Å². The van der Waals surface area contributed by atoms with Crippen LogP contribution in [0.15, 0.2) is 53.5 Å². The summed E-state index contributed by atoms with van der Waals surface area (Å²) in [6, 6.07) is 10.5. The van der Waals surface area contributed by atoms with Gasteiger partial charge in [-0.25, -0.2) is 9.38 Å². The number of aromatic nitrogens is 2. The van der Waals surface area contributed by atoms with Crippen molar-refractivity contribution in [2.75, 3.05) is 12.4 Å². The number of rotatable bonds is 5. The number of carbonyl (C=O) groups is 1. The summed E-state index contributed by atoms with van der Waals surface area (Å²) in [7, 11) is 1.48. The van der Waals surface area contributed by atoms with Crippen LogP contribution in [0, 0.1) is 5.82 Å². The molecular formula is C20H16ClF4N5O2. The molecule has 0 aliphatic rings. The fraction of sp³-hybridized carbons (Fsp3) is 0.150. The quantitative estimate of drug-likeness (QED) is 0.289. The van der Waals surface area contributed by atoms with Crippen LogP contribution in [0.25, 0.3) is 0 Å². The van der Waals surface area contributed by atoms with Gasteiger partial charge in [0.1, 0.15) is 17.3 Å². The van der Waals surface area contributed by atoms with Crippen LogP contribution >= 0.6 is 11.6 Å². The minimum atomic E-state index is -4.63. The third-order valence-electron chi connectivity index (χ3n) is 4.14. The van der Waals surface area contributed by atoms with Crippen molar-refractivity contribution in [2.24, 2.45) is 4.99 Å². The van der Waals surface area contributed by atoms with E-state index in [1.54, 1.807) is 12.1 Å². The summed E-state index contributed by atoms with van der Waals surface area (Å²) >= 11 is 5.99. The fourth-order valence-corrected chi connectivity index (χ4v) is 2.73. The average molecular weight is 470 g/mol. The van der Waals surface area contributed by atoms with Crippen molar-refractivity contribution < 1.29 is 27.1 Å². The van der Waals surface area contributed by atoms with Gasteiger partial charge in [-0.2, -0.15) is 18.3 Å². The molecule has 12 heteroatoms. The molecule has 0 atom stereocenters. The minimum absolute atomic E-state index is 0.0963. The monoisotopic (exact) mass is 469 g/mol. The van der Waals surface area contributed by atoms with Crippen molar-refractivity contribution in [1.82, 2.24) is 15.5 Å². The molecule has 1 amide bonds. The van der Waals surface area contributed by atoms with Gasteiger partial charge in [-0.15, -0.1) is 0 Å². The summed E-state index contributed by atoms with van der Waals surface area (Å²) in [5.41, 5.74) is -0.399. The summed E-state index contributed by atoms with van der Waals surface area (Å²) < 4.78 is 56.8. The smallest absolute Gasteiger partial charge is 0.432 e. The topological polar surface area (TPSA) is 91.4 Å². The van der Waals surface area contributed by atoms with Gasteiger partial charge in [-0.3, -0.25) is 15.2 Å².